The molecule has 0 aromatic heterocycles. The zero-order valence-corrected chi connectivity index (χ0v) is 20.7. The molecule has 0 aliphatic carbocycles. The normalized spacial score (nSPS) is 13.9. The summed E-state index contributed by atoms with van der Waals surface area (Å²) in [6.45, 7) is 11.4. The number of hydrogen-bond donors (Lipinski definition) is 0. The molecular weight excluding hydrogens is 436 g/mol. The van der Waals surface area contributed by atoms with Crippen molar-refractivity contribution in [1.82, 2.24) is 9.80 Å². The maximum atomic E-state index is 13.3. The topological polar surface area (TPSA) is 69.7 Å². The predicted octanol–water partition coefficient (Wildman–Crippen LogP) is 3.73. The molecular formula is C26H36N2O6. The summed E-state index contributed by atoms with van der Waals surface area (Å²) in [5.41, 5.74) is 0.548. The average Bonchev–Trinajstić information content (AvgIpc) is 2.86. The molecule has 1 fully saturated rings. The lowest BCUT2D eigenvalue weighted by Crippen LogP contribution is -2.49. The number of benzene rings is 2. The van der Waals surface area contributed by atoms with Crippen LogP contribution in [-0.4, -0.2) is 82.0 Å². The van der Waals surface area contributed by atoms with Crippen LogP contribution in [0.4, 0.5) is 0 Å². The van der Waals surface area contributed by atoms with Gasteiger partial charge in [0.2, 0.25) is 5.75 Å². The summed E-state index contributed by atoms with van der Waals surface area (Å²) in [6.07, 6.45) is 0. The molecule has 0 saturated carbocycles. The molecule has 0 bridgehead atoms. The van der Waals surface area contributed by atoms with Crippen LogP contribution < -0.4 is 23.7 Å². The smallest absolute Gasteiger partial charge is 0.254 e. The number of rotatable bonds is 12. The van der Waals surface area contributed by atoms with Gasteiger partial charge in [0.05, 0.1) is 26.9 Å². The van der Waals surface area contributed by atoms with E-state index in [1.165, 1.54) is 0 Å². The minimum absolute atomic E-state index is 0.0286. The van der Waals surface area contributed by atoms with E-state index in [9.17, 15) is 4.79 Å². The molecule has 1 heterocycles. The van der Waals surface area contributed by atoms with Crippen molar-refractivity contribution in [3.63, 3.8) is 0 Å². The van der Waals surface area contributed by atoms with Gasteiger partial charge in [-0.1, -0.05) is 0 Å². The van der Waals surface area contributed by atoms with Crippen molar-refractivity contribution >= 4 is 5.91 Å². The minimum Gasteiger partial charge on any atom is -0.497 e. The van der Waals surface area contributed by atoms with E-state index in [1.807, 2.05) is 49.9 Å². The van der Waals surface area contributed by atoms with Crippen molar-refractivity contribution < 1.29 is 28.5 Å². The maximum absolute atomic E-state index is 13.3. The van der Waals surface area contributed by atoms with Gasteiger partial charge >= 0.3 is 0 Å². The van der Waals surface area contributed by atoms with Crippen molar-refractivity contribution in [2.45, 2.75) is 20.8 Å². The fourth-order valence-electron chi connectivity index (χ4n) is 3.83. The van der Waals surface area contributed by atoms with E-state index >= 15 is 0 Å². The van der Waals surface area contributed by atoms with Gasteiger partial charge in [-0.15, -0.1) is 0 Å². The molecule has 34 heavy (non-hydrogen) atoms. The number of methoxy groups -OCH3 is 1. The molecule has 8 heteroatoms. The molecule has 186 valence electrons. The van der Waals surface area contributed by atoms with E-state index in [4.69, 9.17) is 23.7 Å². The molecule has 1 aliphatic heterocycles. The SMILES string of the molecule is CCOc1cc(C(=O)N2CCN(CCOc3ccc(OC)cc3)CC2)cc(OCC)c1OCC. The molecule has 3 rings (SSSR count). The molecule has 2 aromatic carbocycles. The largest absolute Gasteiger partial charge is 0.497 e. The molecule has 0 unspecified atom stereocenters. The number of ether oxygens (including phenoxy) is 5. The number of nitrogens with zero attached hydrogens (tertiary/aromatic N) is 2. The third-order valence-corrected chi connectivity index (χ3v) is 5.55. The Labute approximate surface area is 202 Å². The maximum Gasteiger partial charge on any atom is 0.254 e. The van der Waals surface area contributed by atoms with Crippen LogP contribution in [0.3, 0.4) is 0 Å². The van der Waals surface area contributed by atoms with Crippen LogP contribution in [0.5, 0.6) is 28.7 Å². The quantitative estimate of drug-likeness (QED) is 0.466. The van der Waals surface area contributed by atoms with Crippen LogP contribution in [-0.2, 0) is 0 Å². The first kappa shape index (κ1) is 25.5. The van der Waals surface area contributed by atoms with Gasteiger partial charge in [0.1, 0.15) is 18.1 Å². The van der Waals surface area contributed by atoms with Crippen LogP contribution in [0.25, 0.3) is 0 Å². The van der Waals surface area contributed by atoms with Gasteiger partial charge in [0.15, 0.2) is 11.5 Å². The number of hydrogen-bond acceptors (Lipinski definition) is 7. The number of carbonyl (C=O) groups is 1. The van der Waals surface area contributed by atoms with E-state index in [0.29, 0.717) is 62.3 Å². The Hall–Kier alpha value is -3.13. The third kappa shape index (κ3) is 6.70. The van der Waals surface area contributed by atoms with Gasteiger partial charge < -0.3 is 28.6 Å². The summed E-state index contributed by atoms with van der Waals surface area (Å²) in [5, 5.41) is 0. The summed E-state index contributed by atoms with van der Waals surface area (Å²) in [6, 6.07) is 11.1. The second kappa shape index (κ2) is 12.9. The molecule has 0 spiro atoms. The Bertz CT molecular complexity index is 883. The van der Waals surface area contributed by atoms with Crippen molar-refractivity contribution in [3.8, 4) is 28.7 Å². The zero-order valence-electron chi connectivity index (χ0n) is 20.7. The fourth-order valence-corrected chi connectivity index (χ4v) is 3.83. The van der Waals surface area contributed by atoms with Crippen molar-refractivity contribution in [2.24, 2.45) is 0 Å². The summed E-state index contributed by atoms with van der Waals surface area (Å²) in [5.74, 6) is 3.21. The Kier molecular flexibility index (Phi) is 9.70. The van der Waals surface area contributed by atoms with Crippen LogP contribution in [0, 0.1) is 0 Å². The van der Waals surface area contributed by atoms with E-state index in [1.54, 1.807) is 19.2 Å². The highest BCUT2D eigenvalue weighted by atomic mass is 16.5. The first-order chi connectivity index (χ1) is 16.6. The van der Waals surface area contributed by atoms with Gasteiger partial charge in [-0.25, -0.2) is 0 Å². The van der Waals surface area contributed by atoms with E-state index in [0.717, 1.165) is 31.1 Å². The third-order valence-electron chi connectivity index (χ3n) is 5.55. The molecule has 0 radical (unpaired) electrons. The van der Waals surface area contributed by atoms with Gasteiger partial charge in [-0.05, 0) is 57.2 Å². The van der Waals surface area contributed by atoms with Gasteiger partial charge in [-0.3, -0.25) is 9.69 Å². The molecule has 0 N–H and O–H groups in total. The summed E-state index contributed by atoms with van der Waals surface area (Å²) in [4.78, 5) is 17.4. The lowest BCUT2D eigenvalue weighted by Gasteiger charge is -2.34. The highest BCUT2D eigenvalue weighted by Gasteiger charge is 2.25. The summed E-state index contributed by atoms with van der Waals surface area (Å²) < 4.78 is 28.3. The standard InChI is InChI=1S/C26H36N2O6/c1-5-31-23-18-20(19-24(32-6-2)25(23)33-7-3)26(29)28-14-12-27(13-15-28)16-17-34-22-10-8-21(30-4)9-11-22/h8-11,18-19H,5-7,12-17H2,1-4H3. The first-order valence-electron chi connectivity index (χ1n) is 11.9. The fraction of sp³-hybridized carbons (Fsp3) is 0.500. The Morgan fingerprint density at radius 2 is 1.35 bits per heavy atom. The van der Waals surface area contributed by atoms with Crippen LogP contribution in [0.1, 0.15) is 31.1 Å². The van der Waals surface area contributed by atoms with Gasteiger partial charge in [-0.2, -0.15) is 0 Å². The number of carbonyl (C=O) groups excluding carboxylic acids is 1. The van der Waals surface area contributed by atoms with Crippen LogP contribution in [0.15, 0.2) is 36.4 Å². The second-order valence-corrected chi connectivity index (χ2v) is 7.76. The molecule has 0 atom stereocenters. The van der Waals surface area contributed by atoms with E-state index in [-0.39, 0.29) is 5.91 Å². The zero-order chi connectivity index (χ0) is 24.3. The average molecular weight is 473 g/mol. The van der Waals surface area contributed by atoms with Gasteiger partial charge in [0.25, 0.3) is 5.91 Å². The van der Waals surface area contributed by atoms with E-state index < -0.39 is 0 Å². The first-order valence-corrected chi connectivity index (χ1v) is 11.9. The van der Waals surface area contributed by atoms with Crippen molar-refractivity contribution in [2.75, 3.05) is 66.3 Å². The number of piperazine rings is 1. The minimum atomic E-state index is -0.0286. The lowest BCUT2D eigenvalue weighted by atomic mass is 10.1. The highest BCUT2D eigenvalue weighted by Crippen LogP contribution is 2.39. The van der Waals surface area contributed by atoms with Crippen LogP contribution in [0.2, 0.25) is 0 Å². The molecule has 1 saturated heterocycles. The Morgan fingerprint density at radius 3 is 1.88 bits per heavy atom. The molecule has 1 amide bonds. The summed E-state index contributed by atoms with van der Waals surface area (Å²) in [7, 11) is 1.64. The monoisotopic (exact) mass is 472 g/mol. The molecule has 2 aromatic rings. The number of amides is 1. The summed E-state index contributed by atoms with van der Waals surface area (Å²) >= 11 is 0. The molecule has 1 aliphatic rings. The lowest BCUT2D eigenvalue weighted by molar-refractivity contribution is 0.0619. The van der Waals surface area contributed by atoms with Crippen molar-refractivity contribution in [3.05, 3.63) is 42.0 Å². The van der Waals surface area contributed by atoms with E-state index in [2.05, 4.69) is 4.90 Å². The Morgan fingerprint density at radius 1 is 0.794 bits per heavy atom. The van der Waals surface area contributed by atoms with Crippen molar-refractivity contribution in [1.29, 1.82) is 0 Å². The Balaban J connectivity index is 1.56. The van der Waals surface area contributed by atoms with Gasteiger partial charge in [0, 0.05) is 38.3 Å². The highest BCUT2D eigenvalue weighted by molar-refractivity contribution is 5.95. The second-order valence-electron chi connectivity index (χ2n) is 7.76. The molecule has 8 nitrogen and oxygen atoms in total. The van der Waals surface area contributed by atoms with Crippen LogP contribution >= 0.6 is 0 Å². The predicted molar refractivity (Wildman–Crippen MR) is 131 cm³/mol.